The van der Waals surface area contributed by atoms with E-state index in [2.05, 4.69) is 23.1 Å². The van der Waals surface area contributed by atoms with Crippen molar-refractivity contribution in [2.24, 2.45) is 5.92 Å². The number of methoxy groups -OCH3 is 1. The van der Waals surface area contributed by atoms with Crippen LogP contribution in [0.1, 0.15) is 31.4 Å². The van der Waals surface area contributed by atoms with Crippen LogP contribution >= 0.6 is 0 Å². The highest BCUT2D eigenvalue weighted by atomic mass is 16.5. The number of rotatable bonds is 5. The average molecular weight is 436 g/mol. The van der Waals surface area contributed by atoms with Crippen LogP contribution in [0.15, 0.2) is 48.5 Å². The van der Waals surface area contributed by atoms with Crippen LogP contribution in [0.4, 0.5) is 5.69 Å². The van der Waals surface area contributed by atoms with Gasteiger partial charge in [-0.05, 0) is 29.2 Å². The van der Waals surface area contributed by atoms with Gasteiger partial charge in [0, 0.05) is 45.6 Å². The molecule has 2 aromatic rings. The second-order valence-electron chi connectivity index (χ2n) is 9.09. The number of hydrogen-bond donors (Lipinski definition) is 0. The van der Waals surface area contributed by atoms with E-state index in [1.807, 2.05) is 54.0 Å². The first-order valence-corrected chi connectivity index (χ1v) is 11.5. The number of anilines is 1. The van der Waals surface area contributed by atoms with E-state index in [-0.39, 0.29) is 17.7 Å². The van der Waals surface area contributed by atoms with Crippen molar-refractivity contribution in [2.45, 2.75) is 39.3 Å². The predicted molar refractivity (Wildman–Crippen MR) is 126 cm³/mol. The topological polar surface area (TPSA) is 53.1 Å². The molecule has 6 heteroatoms. The molecule has 1 atom stereocenters. The summed E-state index contributed by atoms with van der Waals surface area (Å²) < 4.78 is 5.51. The third-order valence-electron chi connectivity index (χ3n) is 6.45. The van der Waals surface area contributed by atoms with Gasteiger partial charge in [-0.1, -0.05) is 50.2 Å². The van der Waals surface area contributed by atoms with Gasteiger partial charge in [0.2, 0.25) is 11.8 Å². The summed E-state index contributed by atoms with van der Waals surface area (Å²) >= 11 is 0. The summed E-state index contributed by atoms with van der Waals surface area (Å²) in [5.41, 5.74) is 3.38. The Hall–Kier alpha value is -3.02. The van der Waals surface area contributed by atoms with Gasteiger partial charge in [0.15, 0.2) is 0 Å². The van der Waals surface area contributed by atoms with E-state index in [9.17, 15) is 9.59 Å². The van der Waals surface area contributed by atoms with Crippen LogP contribution in [0.3, 0.4) is 0 Å². The molecule has 1 unspecified atom stereocenters. The molecule has 32 heavy (non-hydrogen) atoms. The Morgan fingerprint density at radius 3 is 2.31 bits per heavy atom. The van der Waals surface area contributed by atoms with E-state index in [0.29, 0.717) is 32.5 Å². The Bertz CT molecular complexity index is 966. The zero-order chi connectivity index (χ0) is 22.7. The molecule has 2 aromatic carbocycles. The number of carbonyl (C=O) groups is 2. The van der Waals surface area contributed by atoms with Crippen LogP contribution in [-0.4, -0.2) is 60.9 Å². The van der Waals surface area contributed by atoms with Crippen molar-refractivity contribution in [3.05, 3.63) is 59.7 Å². The second-order valence-corrected chi connectivity index (χ2v) is 9.09. The molecule has 0 spiro atoms. The number of benzene rings is 2. The Balaban J connectivity index is 1.49. The van der Waals surface area contributed by atoms with Gasteiger partial charge in [0.25, 0.3) is 0 Å². The van der Waals surface area contributed by atoms with Crippen molar-refractivity contribution in [1.82, 2.24) is 9.80 Å². The minimum atomic E-state index is -0.422. The minimum absolute atomic E-state index is 0.0660. The van der Waals surface area contributed by atoms with Crippen LogP contribution in [0.25, 0.3) is 0 Å². The first-order valence-electron chi connectivity index (χ1n) is 11.5. The second kappa shape index (κ2) is 9.63. The summed E-state index contributed by atoms with van der Waals surface area (Å²) in [7, 11) is 1.68. The number of piperazine rings is 1. The van der Waals surface area contributed by atoms with Crippen LogP contribution < -0.4 is 9.64 Å². The Morgan fingerprint density at radius 2 is 1.62 bits per heavy atom. The molecule has 1 saturated heterocycles. The maximum atomic E-state index is 13.6. The molecule has 0 N–H and O–H groups in total. The van der Waals surface area contributed by atoms with E-state index in [4.69, 9.17) is 4.74 Å². The van der Waals surface area contributed by atoms with Crippen LogP contribution in [0, 0.1) is 5.92 Å². The van der Waals surface area contributed by atoms with Crippen LogP contribution in [0.5, 0.6) is 5.75 Å². The zero-order valence-electron chi connectivity index (χ0n) is 19.3. The van der Waals surface area contributed by atoms with Crippen molar-refractivity contribution < 1.29 is 14.3 Å². The smallest absolute Gasteiger partial charge is 0.245 e. The van der Waals surface area contributed by atoms with E-state index < -0.39 is 6.04 Å². The summed E-state index contributed by atoms with van der Waals surface area (Å²) in [6, 6.07) is 15.7. The van der Waals surface area contributed by atoms with Gasteiger partial charge in [-0.25, -0.2) is 0 Å². The minimum Gasteiger partial charge on any atom is -0.495 e. The predicted octanol–water partition coefficient (Wildman–Crippen LogP) is 3.34. The average Bonchev–Trinajstić information content (AvgIpc) is 2.82. The van der Waals surface area contributed by atoms with Crippen molar-refractivity contribution in [2.75, 3.05) is 38.2 Å². The van der Waals surface area contributed by atoms with Crippen molar-refractivity contribution in [3.63, 3.8) is 0 Å². The molecule has 2 heterocycles. The molecular weight excluding hydrogens is 402 g/mol. The lowest BCUT2D eigenvalue weighted by Gasteiger charge is -2.42. The third kappa shape index (κ3) is 4.59. The largest absolute Gasteiger partial charge is 0.495 e. The molecule has 2 amide bonds. The molecule has 4 rings (SSSR count). The molecule has 0 aromatic heterocycles. The molecule has 2 aliphatic rings. The van der Waals surface area contributed by atoms with E-state index in [1.54, 1.807) is 7.11 Å². The normalized spacial score (nSPS) is 18.5. The molecule has 170 valence electrons. The molecule has 0 aliphatic carbocycles. The molecule has 0 radical (unpaired) electrons. The Labute approximate surface area is 190 Å². The van der Waals surface area contributed by atoms with Crippen molar-refractivity contribution >= 4 is 17.5 Å². The first kappa shape index (κ1) is 22.2. The monoisotopic (exact) mass is 435 g/mol. The molecule has 6 nitrogen and oxygen atoms in total. The molecular formula is C26H33N3O3. The highest BCUT2D eigenvalue weighted by Gasteiger charge is 2.37. The summed E-state index contributed by atoms with van der Waals surface area (Å²) in [5, 5.41) is 0. The van der Waals surface area contributed by atoms with Gasteiger partial charge in [0.05, 0.1) is 12.8 Å². The maximum absolute atomic E-state index is 13.6. The van der Waals surface area contributed by atoms with Crippen molar-refractivity contribution in [1.29, 1.82) is 0 Å². The number of nitrogens with zero attached hydrogens (tertiary/aromatic N) is 3. The third-order valence-corrected chi connectivity index (χ3v) is 6.45. The number of fused-ring (bicyclic) bond motifs is 1. The SMILES string of the molecule is COc1ccccc1N1CCN(C(=O)C2Cc3ccccc3CN2C(=O)CC(C)C)CC1. The number of carbonyl (C=O) groups excluding carboxylic acids is 2. The van der Waals surface area contributed by atoms with Gasteiger partial charge < -0.3 is 19.4 Å². The van der Waals surface area contributed by atoms with E-state index in [0.717, 1.165) is 30.1 Å². The van der Waals surface area contributed by atoms with Crippen molar-refractivity contribution in [3.8, 4) is 5.75 Å². The summed E-state index contributed by atoms with van der Waals surface area (Å²) in [4.78, 5) is 32.7. The number of para-hydroxylation sites is 2. The lowest BCUT2D eigenvalue weighted by Crippen LogP contribution is -2.57. The van der Waals surface area contributed by atoms with Gasteiger partial charge in [-0.2, -0.15) is 0 Å². The lowest BCUT2D eigenvalue weighted by molar-refractivity contribution is -0.147. The fourth-order valence-electron chi connectivity index (χ4n) is 4.74. The lowest BCUT2D eigenvalue weighted by atomic mass is 9.92. The molecule has 0 saturated carbocycles. The van der Waals surface area contributed by atoms with Crippen LogP contribution in [-0.2, 0) is 22.6 Å². The Morgan fingerprint density at radius 1 is 0.969 bits per heavy atom. The van der Waals surface area contributed by atoms with E-state index >= 15 is 0 Å². The van der Waals surface area contributed by atoms with Gasteiger partial charge in [-0.15, -0.1) is 0 Å². The summed E-state index contributed by atoms with van der Waals surface area (Å²) in [6.07, 6.45) is 1.05. The maximum Gasteiger partial charge on any atom is 0.245 e. The fraction of sp³-hybridized carbons (Fsp3) is 0.462. The summed E-state index contributed by atoms with van der Waals surface area (Å²) in [5.74, 6) is 1.25. The fourth-order valence-corrected chi connectivity index (χ4v) is 4.74. The highest BCUT2D eigenvalue weighted by Crippen LogP contribution is 2.30. The number of amides is 2. The Kier molecular flexibility index (Phi) is 6.68. The highest BCUT2D eigenvalue weighted by molar-refractivity contribution is 5.89. The number of ether oxygens (including phenoxy) is 1. The van der Waals surface area contributed by atoms with Gasteiger partial charge in [0.1, 0.15) is 11.8 Å². The first-order chi connectivity index (χ1) is 15.5. The molecule has 2 aliphatic heterocycles. The van der Waals surface area contributed by atoms with Gasteiger partial charge >= 0.3 is 0 Å². The number of hydrogen-bond acceptors (Lipinski definition) is 4. The standard InChI is InChI=1S/C26H33N3O3/c1-19(2)16-25(30)29-18-21-9-5-4-8-20(21)17-23(29)26(31)28-14-12-27(13-15-28)22-10-6-7-11-24(22)32-3/h4-11,19,23H,12-18H2,1-3H3. The molecule has 1 fully saturated rings. The zero-order valence-corrected chi connectivity index (χ0v) is 19.3. The van der Waals surface area contributed by atoms with Gasteiger partial charge in [-0.3, -0.25) is 9.59 Å². The summed E-state index contributed by atoms with van der Waals surface area (Å²) in [6.45, 7) is 7.37. The van der Waals surface area contributed by atoms with Crippen LogP contribution in [0.2, 0.25) is 0 Å². The molecule has 0 bridgehead atoms. The van der Waals surface area contributed by atoms with E-state index in [1.165, 1.54) is 5.56 Å². The quantitative estimate of drug-likeness (QED) is 0.723.